The van der Waals surface area contributed by atoms with Crippen LogP contribution in [0.5, 0.6) is 0 Å². The zero-order valence-electron chi connectivity index (χ0n) is 12.2. The first-order chi connectivity index (χ1) is 10.0. The zero-order chi connectivity index (χ0) is 15.3. The third-order valence-corrected chi connectivity index (χ3v) is 5.00. The number of aryl methyl sites for hydroxylation is 1. The summed E-state index contributed by atoms with van der Waals surface area (Å²) in [5.41, 5.74) is 1.83. The van der Waals surface area contributed by atoms with Gasteiger partial charge in [0, 0.05) is 25.8 Å². The van der Waals surface area contributed by atoms with Crippen molar-refractivity contribution in [2.45, 2.75) is 18.4 Å². The number of rotatable bonds is 7. The van der Waals surface area contributed by atoms with Crippen LogP contribution in [0, 0.1) is 6.92 Å². The van der Waals surface area contributed by atoms with Crippen molar-refractivity contribution in [3.63, 3.8) is 0 Å². The summed E-state index contributed by atoms with van der Waals surface area (Å²) >= 11 is 0. The summed E-state index contributed by atoms with van der Waals surface area (Å²) in [6, 6.07) is 8.59. The number of hydrogen-bond donors (Lipinski definition) is 0. The van der Waals surface area contributed by atoms with E-state index in [4.69, 9.17) is 9.15 Å². The maximum absolute atomic E-state index is 12.7. The molecule has 6 heteroatoms. The third kappa shape index (κ3) is 3.93. The van der Waals surface area contributed by atoms with Gasteiger partial charge < -0.3 is 9.15 Å². The molecular weight excluding hydrogens is 290 g/mol. The van der Waals surface area contributed by atoms with Crippen molar-refractivity contribution in [2.24, 2.45) is 0 Å². The van der Waals surface area contributed by atoms with Gasteiger partial charge >= 0.3 is 0 Å². The molecule has 2 aromatic rings. The van der Waals surface area contributed by atoms with Crippen LogP contribution in [0.4, 0.5) is 0 Å². The highest BCUT2D eigenvalue weighted by Gasteiger charge is 2.24. The molecule has 0 fully saturated rings. The van der Waals surface area contributed by atoms with Gasteiger partial charge in [-0.1, -0.05) is 17.7 Å². The molecule has 0 unspecified atom stereocenters. The molecule has 0 saturated heterocycles. The van der Waals surface area contributed by atoms with E-state index in [1.54, 1.807) is 43.7 Å². The van der Waals surface area contributed by atoms with Crippen molar-refractivity contribution in [1.82, 2.24) is 4.31 Å². The molecule has 0 bridgehead atoms. The predicted octanol–water partition coefficient (Wildman–Crippen LogP) is 2.43. The molecular formula is C15H19NO4S. The van der Waals surface area contributed by atoms with Crippen LogP contribution < -0.4 is 0 Å². The molecule has 0 amide bonds. The summed E-state index contributed by atoms with van der Waals surface area (Å²) < 4.78 is 36.8. The van der Waals surface area contributed by atoms with Crippen LogP contribution in [0.1, 0.15) is 11.1 Å². The molecule has 0 N–H and O–H groups in total. The second-order valence-corrected chi connectivity index (χ2v) is 6.71. The molecule has 0 spiro atoms. The lowest BCUT2D eigenvalue weighted by Gasteiger charge is -2.21. The fraction of sp³-hybridized carbons (Fsp3) is 0.333. The summed E-state index contributed by atoms with van der Waals surface area (Å²) in [5.74, 6) is 0. The molecule has 0 aliphatic rings. The number of hydrogen-bond acceptors (Lipinski definition) is 4. The fourth-order valence-corrected chi connectivity index (χ4v) is 3.33. The topological polar surface area (TPSA) is 59.8 Å². The second-order valence-electron chi connectivity index (χ2n) is 4.78. The van der Waals surface area contributed by atoms with Gasteiger partial charge in [0.05, 0.1) is 24.0 Å². The van der Waals surface area contributed by atoms with E-state index < -0.39 is 10.0 Å². The number of nitrogens with zero attached hydrogens (tertiary/aromatic N) is 1. The zero-order valence-corrected chi connectivity index (χ0v) is 13.0. The van der Waals surface area contributed by atoms with E-state index in [1.807, 2.05) is 6.92 Å². The van der Waals surface area contributed by atoms with Crippen LogP contribution in [-0.2, 0) is 21.3 Å². The smallest absolute Gasteiger partial charge is 0.243 e. The van der Waals surface area contributed by atoms with Gasteiger partial charge in [-0.15, -0.1) is 0 Å². The highest BCUT2D eigenvalue weighted by atomic mass is 32.2. The van der Waals surface area contributed by atoms with Gasteiger partial charge in [0.1, 0.15) is 0 Å². The Morgan fingerprint density at radius 1 is 1.19 bits per heavy atom. The Morgan fingerprint density at radius 3 is 2.48 bits per heavy atom. The Hall–Kier alpha value is -1.63. The number of benzene rings is 1. The average molecular weight is 309 g/mol. The van der Waals surface area contributed by atoms with E-state index in [2.05, 4.69) is 0 Å². The average Bonchev–Trinajstić information content (AvgIpc) is 2.96. The molecule has 0 atom stereocenters. The molecule has 5 nitrogen and oxygen atoms in total. The van der Waals surface area contributed by atoms with Crippen LogP contribution in [0.25, 0.3) is 0 Å². The first-order valence-electron chi connectivity index (χ1n) is 6.61. The summed E-state index contributed by atoms with van der Waals surface area (Å²) in [6.07, 6.45) is 3.08. The van der Waals surface area contributed by atoms with Gasteiger partial charge in [0.2, 0.25) is 10.0 Å². The Balaban J connectivity index is 2.27. The van der Waals surface area contributed by atoms with Gasteiger partial charge in [-0.25, -0.2) is 8.42 Å². The number of methoxy groups -OCH3 is 1. The lowest BCUT2D eigenvalue weighted by atomic mass is 10.2. The van der Waals surface area contributed by atoms with E-state index in [-0.39, 0.29) is 18.0 Å². The van der Waals surface area contributed by atoms with E-state index in [9.17, 15) is 8.42 Å². The second kappa shape index (κ2) is 6.89. The molecule has 114 valence electrons. The van der Waals surface area contributed by atoms with Gasteiger partial charge in [0.15, 0.2) is 0 Å². The number of sulfonamides is 1. The van der Waals surface area contributed by atoms with Crippen molar-refractivity contribution in [2.75, 3.05) is 20.3 Å². The molecule has 21 heavy (non-hydrogen) atoms. The minimum absolute atomic E-state index is 0.260. The van der Waals surface area contributed by atoms with Crippen LogP contribution in [0.3, 0.4) is 0 Å². The SMILES string of the molecule is COCCN(Cc1ccoc1)S(=O)(=O)c1ccc(C)cc1. The predicted molar refractivity (Wildman–Crippen MR) is 79.4 cm³/mol. The third-order valence-electron chi connectivity index (χ3n) is 3.14. The summed E-state index contributed by atoms with van der Waals surface area (Å²) in [6.45, 7) is 2.81. The maximum atomic E-state index is 12.7. The molecule has 1 aromatic heterocycles. The van der Waals surface area contributed by atoms with E-state index in [0.717, 1.165) is 11.1 Å². The van der Waals surface area contributed by atoms with E-state index in [1.165, 1.54) is 10.6 Å². The van der Waals surface area contributed by atoms with Gasteiger partial charge in [-0.2, -0.15) is 4.31 Å². The Morgan fingerprint density at radius 2 is 1.90 bits per heavy atom. The number of ether oxygens (including phenoxy) is 1. The number of furan rings is 1. The maximum Gasteiger partial charge on any atom is 0.243 e. The molecule has 0 aliphatic heterocycles. The van der Waals surface area contributed by atoms with Crippen molar-refractivity contribution < 1.29 is 17.6 Å². The standard InChI is InChI=1S/C15H19NO4S/c1-13-3-5-15(6-4-13)21(17,18)16(8-10-19-2)11-14-7-9-20-12-14/h3-7,9,12H,8,10-11H2,1-2H3. The Labute approximate surface area is 125 Å². The summed E-state index contributed by atoms with van der Waals surface area (Å²) in [4.78, 5) is 0.285. The quantitative estimate of drug-likeness (QED) is 0.788. The molecule has 0 aliphatic carbocycles. The van der Waals surface area contributed by atoms with Crippen LogP contribution in [0.2, 0.25) is 0 Å². The van der Waals surface area contributed by atoms with Crippen molar-refractivity contribution >= 4 is 10.0 Å². The molecule has 0 radical (unpaired) electrons. The highest BCUT2D eigenvalue weighted by molar-refractivity contribution is 7.89. The van der Waals surface area contributed by atoms with Crippen molar-refractivity contribution in [3.05, 3.63) is 54.0 Å². The van der Waals surface area contributed by atoms with E-state index >= 15 is 0 Å². The van der Waals surface area contributed by atoms with Crippen LogP contribution in [0.15, 0.2) is 52.2 Å². The molecule has 0 saturated carbocycles. The molecule has 2 rings (SSSR count). The first kappa shape index (κ1) is 15.8. The lowest BCUT2D eigenvalue weighted by molar-refractivity contribution is 0.177. The molecule has 1 aromatic carbocycles. The van der Waals surface area contributed by atoms with Gasteiger partial charge in [-0.05, 0) is 25.1 Å². The molecule has 1 heterocycles. The Kier molecular flexibility index (Phi) is 5.17. The fourth-order valence-electron chi connectivity index (χ4n) is 1.92. The Bertz CT molecular complexity index is 647. The highest BCUT2D eigenvalue weighted by Crippen LogP contribution is 2.19. The van der Waals surface area contributed by atoms with Crippen molar-refractivity contribution in [3.8, 4) is 0 Å². The normalized spacial score (nSPS) is 12.0. The van der Waals surface area contributed by atoms with Gasteiger partial charge in [-0.3, -0.25) is 0 Å². The minimum atomic E-state index is -3.55. The van der Waals surface area contributed by atoms with Crippen molar-refractivity contribution in [1.29, 1.82) is 0 Å². The van der Waals surface area contributed by atoms with Gasteiger partial charge in [0.25, 0.3) is 0 Å². The summed E-state index contributed by atoms with van der Waals surface area (Å²) in [5, 5.41) is 0. The van der Waals surface area contributed by atoms with Crippen LogP contribution >= 0.6 is 0 Å². The monoisotopic (exact) mass is 309 g/mol. The minimum Gasteiger partial charge on any atom is -0.472 e. The van der Waals surface area contributed by atoms with Crippen LogP contribution in [-0.4, -0.2) is 33.0 Å². The first-order valence-corrected chi connectivity index (χ1v) is 8.05. The van der Waals surface area contributed by atoms with E-state index in [0.29, 0.717) is 6.61 Å². The lowest BCUT2D eigenvalue weighted by Crippen LogP contribution is -2.33. The largest absolute Gasteiger partial charge is 0.472 e. The summed E-state index contributed by atoms with van der Waals surface area (Å²) in [7, 11) is -2.00.